The van der Waals surface area contributed by atoms with Crippen LogP contribution in [-0.4, -0.2) is 37.8 Å². The third-order valence-corrected chi connectivity index (χ3v) is 7.41. The lowest BCUT2D eigenvalue weighted by Crippen LogP contribution is -2.47. The van der Waals surface area contributed by atoms with E-state index in [0.717, 1.165) is 25.7 Å². The van der Waals surface area contributed by atoms with Crippen LogP contribution in [0.15, 0.2) is 21.7 Å². The van der Waals surface area contributed by atoms with E-state index in [2.05, 4.69) is 5.32 Å². The van der Waals surface area contributed by atoms with E-state index < -0.39 is 10.0 Å². The number of carbonyl (C=O) groups is 1. The molecule has 0 aromatic carbocycles. The second kappa shape index (κ2) is 7.57. The molecule has 2 rings (SSSR count). The van der Waals surface area contributed by atoms with E-state index >= 15 is 0 Å². The predicted molar refractivity (Wildman–Crippen MR) is 88.3 cm³/mol. The fourth-order valence-corrected chi connectivity index (χ4v) is 5.39. The first kappa shape index (κ1) is 17.4. The van der Waals surface area contributed by atoms with Crippen molar-refractivity contribution in [2.45, 2.75) is 49.8 Å². The average molecular weight is 345 g/mol. The Morgan fingerprint density at radius 3 is 2.77 bits per heavy atom. The fourth-order valence-electron chi connectivity index (χ4n) is 2.72. The highest BCUT2D eigenvalue weighted by Gasteiger charge is 2.34. The van der Waals surface area contributed by atoms with Crippen LogP contribution in [0.4, 0.5) is 0 Å². The van der Waals surface area contributed by atoms with Crippen LogP contribution in [0, 0.1) is 5.92 Å². The average Bonchev–Trinajstić information content (AvgIpc) is 3.07. The van der Waals surface area contributed by atoms with Crippen molar-refractivity contribution < 1.29 is 13.2 Å². The van der Waals surface area contributed by atoms with Gasteiger partial charge in [0.25, 0.3) is 10.0 Å². The van der Waals surface area contributed by atoms with Crippen molar-refractivity contribution in [2.24, 2.45) is 5.92 Å². The summed E-state index contributed by atoms with van der Waals surface area (Å²) in [6.07, 6.45) is 3.27. The Bertz CT molecular complexity index is 580. The van der Waals surface area contributed by atoms with Crippen molar-refractivity contribution >= 4 is 27.3 Å². The van der Waals surface area contributed by atoms with Crippen LogP contribution in [0.3, 0.4) is 0 Å². The van der Waals surface area contributed by atoms with Gasteiger partial charge in [-0.1, -0.05) is 19.9 Å². The zero-order valence-electron chi connectivity index (χ0n) is 13.1. The number of hydrogen-bond acceptors (Lipinski definition) is 4. The maximum absolute atomic E-state index is 12.6. The SMILES string of the molecule is CCC(CC)NC(=O)[C@@H]1CCCN(S(=O)(=O)c2cccs2)C1. The van der Waals surface area contributed by atoms with E-state index in [0.29, 0.717) is 10.8 Å². The van der Waals surface area contributed by atoms with Crippen LogP contribution >= 0.6 is 11.3 Å². The Morgan fingerprint density at radius 2 is 2.18 bits per heavy atom. The highest BCUT2D eigenvalue weighted by molar-refractivity contribution is 7.91. The molecule has 1 N–H and O–H groups in total. The molecule has 1 fully saturated rings. The molecule has 124 valence electrons. The van der Waals surface area contributed by atoms with Crippen molar-refractivity contribution in [3.05, 3.63) is 17.5 Å². The van der Waals surface area contributed by atoms with Crippen molar-refractivity contribution in [1.29, 1.82) is 0 Å². The number of amides is 1. The Kier molecular flexibility index (Phi) is 6.00. The van der Waals surface area contributed by atoms with Gasteiger partial charge in [-0.25, -0.2) is 8.42 Å². The van der Waals surface area contributed by atoms with E-state index in [1.54, 1.807) is 17.5 Å². The molecule has 1 saturated heterocycles. The molecule has 1 aromatic heterocycles. The molecule has 1 aromatic rings. The first-order valence-corrected chi connectivity index (χ1v) is 10.1. The summed E-state index contributed by atoms with van der Waals surface area (Å²) in [7, 11) is -3.45. The van der Waals surface area contributed by atoms with Crippen LogP contribution in [0.1, 0.15) is 39.5 Å². The summed E-state index contributed by atoms with van der Waals surface area (Å²) < 4.78 is 26.9. The Balaban J connectivity index is 2.04. The van der Waals surface area contributed by atoms with Crippen LogP contribution < -0.4 is 5.32 Å². The number of thiophene rings is 1. The molecule has 1 amide bonds. The largest absolute Gasteiger partial charge is 0.353 e. The zero-order valence-corrected chi connectivity index (χ0v) is 14.8. The van der Waals surface area contributed by atoms with E-state index in [1.807, 2.05) is 13.8 Å². The van der Waals surface area contributed by atoms with Gasteiger partial charge in [0.1, 0.15) is 4.21 Å². The number of carbonyl (C=O) groups excluding carboxylic acids is 1. The summed E-state index contributed by atoms with van der Waals surface area (Å²) in [5.74, 6) is -0.260. The van der Waals surface area contributed by atoms with Crippen LogP contribution in [-0.2, 0) is 14.8 Å². The lowest BCUT2D eigenvalue weighted by atomic mass is 9.98. The maximum Gasteiger partial charge on any atom is 0.252 e. The molecule has 0 unspecified atom stereocenters. The van der Waals surface area contributed by atoms with Gasteiger partial charge in [-0.15, -0.1) is 11.3 Å². The molecule has 0 radical (unpaired) electrons. The zero-order chi connectivity index (χ0) is 16.2. The normalized spacial score (nSPS) is 20.2. The van der Waals surface area contributed by atoms with Gasteiger partial charge in [0, 0.05) is 19.1 Å². The molecule has 22 heavy (non-hydrogen) atoms. The second-order valence-electron chi connectivity index (χ2n) is 5.66. The standard InChI is InChI=1S/C15H24N2O3S2/c1-3-13(4-2)16-15(18)12-7-5-9-17(11-12)22(19,20)14-8-6-10-21-14/h6,8,10,12-13H,3-5,7,9,11H2,1-2H3,(H,16,18)/t12-/m1/s1. The summed E-state index contributed by atoms with van der Waals surface area (Å²) >= 11 is 1.22. The third-order valence-electron chi connectivity index (χ3n) is 4.18. The Hall–Kier alpha value is -0.920. The van der Waals surface area contributed by atoms with Gasteiger partial charge in [0.05, 0.1) is 5.92 Å². The Labute approximate surface area is 136 Å². The molecule has 0 aliphatic carbocycles. The molecule has 2 heterocycles. The topological polar surface area (TPSA) is 66.5 Å². The third kappa shape index (κ3) is 3.88. The van der Waals surface area contributed by atoms with Gasteiger partial charge in [-0.05, 0) is 37.1 Å². The molecule has 1 atom stereocenters. The highest BCUT2D eigenvalue weighted by Crippen LogP contribution is 2.26. The second-order valence-corrected chi connectivity index (χ2v) is 8.77. The van der Waals surface area contributed by atoms with Gasteiger partial charge in [0.2, 0.25) is 5.91 Å². The van der Waals surface area contributed by atoms with Crippen LogP contribution in [0.25, 0.3) is 0 Å². The monoisotopic (exact) mass is 344 g/mol. The van der Waals surface area contributed by atoms with E-state index in [9.17, 15) is 13.2 Å². The predicted octanol–water partition coefficient (Wildman–Crippen LogP) is 2.45. The molecule has 0 spiro atoms. The van der Waals surface area contributed by atoms with E-state index in [-0.39, 0.29) is 24.4 Å². The van der Waals surface area contributed by atoms with Crippen LogP contribution in [0.5, 0.6) is 0 Å². The summed E-state index contributed by atoms with van der Waals surface area (Å²) in [4.78, 5) is 12.4. The molecule has 1 aliphatic rings. The summed E-state index contributed by atoms with van der Waals surface area (Å²) in [6.45, 7) is 4.87. The number of nitrogens with one attached hydrogen (secondary N) is 1. The Morgan fingerprint density at radius 1 is 1.45 bits per heavy atom. The van der Waals surface area contributed by atoms with E-state index in [1.165, 1.54) is 15.6 Å². The summed E-state index contributed by atoms with van der Waals surface area (Å²) in [5.41, 5.74) is 0. The number of rotatable bonds is 6. The smallest absolute Gasteiger partial charge is 0.252 e. The number of piperidine rings is 1. The highest BCUT2D eigenvalue weighted by atomic mass is 32.2. The first-order valence-electron chi connectivity index (χ1n) is 7.83. The van der Waals surface area contributed by atoms with Gasteiger partial charge in [0.15, 0.2) is 0 Å². The van der Waals surface area contributed by atoms with Crippen LogP contribution in [0.2, 0.25) is 0 Å². The molecule has 0 bridgehead atoms. The molecule has 7 heteroatoms. The number of hydrogen-bond donors (Lipinski definition) is 1. The first-order chi connectivity index (χ1) is 10.5. The van der Waals surface area contributed by atoms with Crippen molar-refractivity contribution in [3.8, 4) is 0 Å². The lowest BCUT2D eigenvalue weighted by Gasteiger charge is -2.31. The molecular formula is C15H24N2O3S2. The minimum Gasteiger partial charge on any atom is -0.353 e. The summed E-state index contributed by atoms with van der Waals surface area (Å²) in [6, 6.07) is 3.53. The fraction of sp³-hybridized carbons (Fsp3) is 0.667. The minimum absolute atomic E-state index is 0.0141. The van der Waals surface area contributed by atoms with Crippen molar-refractivity contribution in [2.75, 3.05) is 13.1 Å². The summed E-state index contributed by atoms with van der Waals surface area (Å²) in [5, 5.41) is 4.79. The number of sulfonamides is 1. The van der Waals surface area contributed by atoms with Gasteiger partial charge < -0.3 is 5.32 Å². The van der Waals surface area contributed by atoms with Gasteiger partial charge in [-0.2, -0.15) is 4.31 Å². The number of nitrogens with zero attached hydrogens (tertiary/aromatic N) is 1. The van der Waals surface area contributed by atoms with E-state index in [4.69, 9.17) is 0 Å². The molecular weight excluding hydrogens is 320 g/mol. The van der Waals surface area contributed by atoms with Gasteiger partial charge in [-0.3, -0.25) is 4.79 Å². The molecule has 5 nitrogen and oxygen atoms in total. The maximum atomic E-state index is 12.6. The quantitative estimate of drug-likeness (QED) is 0.862. The van der Waals surface area contributed by atoms with Crippen molar-refractivity contribution in [1.82, 2.24) is 9.62 Å². The van der Waals surface area contributed by atoms with Crippen molar-refractivity contribution in [3.63, 3.8) is 0 Å². The molecule has 0 saturated carbocycles. The minimum atomic E-state index is -3.45. The van der Waals surface area contributed by atoms with Gasteiger partial charge >= 0.3 is 0 Å². The molecule has 1 aliphatic heterocycles. The lowest BCUT2D eigenvalue weighted by molar-refractivity contribution is -0.126.